The van der Waals surface area contributed by atoms with Gasteiger partial charge in [0.25, 0.3) is 5.56 Å². The van der Waals surface area contributed by atoms with Gasteiger partial charge in [0.1, 0.15) is 27.9 Å². The van der Waals surface area contributed by atoms with Crippen molar-refractivity contribution in [2.24, 2.45) is 0 Å². The summed E-state index contributed by atoms with van der Waals surface area (Å²) in [7, 11) is 0. The van der Waals surface area contributed by atoms with E-state index in [2.05, 4.69) is 9.97 Å². The van der Waals surface area contributed by atoms with Crippen LogP contribution in [-0.2, 0) is 0 Å². The molecule has 6 rings (SSSR count). The second-order valence-corrected chi connectivity index (χ2v) is 9.92. The van der Waals surface area contributed by atoms with Crippen molar-refractivity contribution < 1.29 is 8.78 Å². The first-order valence-corrected chi connectivity index (χ1v) is 12.1. The molecule has 0 amide bonds. The number of hydrogen-bond acceptors (Lipinski definition) is 5. The number of H-pyrrole nitrogens is 1. The van der Waals surface area contributed by atoms with Gasteiger partial charge in [-0.05, 0) is 61.1 Å². The summed E-state index contributed by atoms with van der Waals surface area (Å²) in [6.45, 7) is 0. The van der Waals surface area contributed by atoms with Crippen molar-refractivity contribution in [2.45, 2.75) is 47.9 Å². The van der Waals surface area contributed by atoms with Crippen LogP contribution in [0.2, 0.25) is 0 Å². The highest BCUT2D eigenvalue weighted by molar-refractivity contribution is 7.99. The predicted octanol–water partition coefficient (Wildman–Crippen LogP) is 4.85. The van der Waals surface area contributed by atoms with E-state index in [0.717, 1.165) is 36.8 Å². The van der Waals surface area contributed by atoms with Gasteiger partial charge in [-0.3, -0.25) is 14.3 Å². The average molecular weight is 479 g/mol. The zero-order valence-electron chi connectivity index (χ0n) is 18.0. The third-order valence-electron chi connectivity index (χ3n) is 6.20. The molecule has 0 bridgehead atoms. The van der Waals surface area contributed by atoms with Gasteiger partial charge in [-0.2, -0.15) is 0 Å². The van der Waals surface area contributed by atoms with E-state index in [1.165, 1.54) is 36.0 Å². The van der Waals surface area contributed by atoms with Crippen molar-refractivity contribution in [2.75, 3.05) is 0 Å². The van der Waals surface area contributed by atoms with Crippen LogP contribution in [0.5, 0.6) is 0 Å². The largest absolute Gasteiger partial charge is 0.330 e. The summed E-state index contributed by atoms with van der Waals surface area (Å²) < 4.78 is 28.9. The molecule has 2 aromatic heterocycles. The number of aromatic amines is 1. The highest BCUT2D eigenvalue weighted by Gasteiger charge is 2.33. The van der Waals surface area contributed by atoms with Gasteiger partial charge >= 0.3 is 5.69 Å². The van der Waals surface area contributed by atoms with Gasteiger partial charge in [0.05, 0.1) is 5.25 Å². The lowest BCUT2D eigenvalue weighted by Gasteiger charge is -2.19. The summed E-state index contributed by atoms with van der Waals surface area (Å²) in [5.41, 5.74) is 0.950. The summed E-state index contributed by atoms with van der Waals surface area (Å²) in [6.07, 6.45) is 3.65. The Morgan fingerprint density at radius 3 is 2.00 bits per heavy atom. The summed E-state index contributed by atoms with van der Waals surface area (Å²) in [5, 5.41) is 0.350. The predicted molar refractivity (Wildman–Crippen MR) is 125 cm³/mol. The second kappa shape index (κ2) is 8.16. The Hall–Kier alpha value is -3.33. The highest BCUT2D eigenvalue weighted by Crippen LogP contribution is 2.45. The molecule has 2 heterocycles. The molecule has 0 radical (unpaired) electrons. The highest BCUT2D eigenvalue weighted by atomic mass is 32.2. The molecule has 172 valence electrons. The SMILES string of the molecule is O=c1[nH]c(=O)n(C2CC2)c2nc(C3CC3)nc(SC(c3ccc(F)cc3)c3ccc(F)cc3)c12. The van der Waals surface area contributed by atoms with Gasteiger partial charge in [-0.1, -0.05) is 36.0 Å². The third-order valence-corrected chi connectivity index (χ3v) is 7.50. The number of benzene rings is 2. The maximum absolute atomic E-state index is 13.7. The van der Waals surface area contributed by atoms with E-state index in [1.54, 1.807) is 28.8 Å². The lowest BCUT2D eigenvalue weighted by atomic mass is 10.0. The van der Waals surface area contributed by atoms with E-state index in [9.17, 15) is 18.4 Å². The molecular formula is C25H20F2N4O2S. The van der Waals surface area contributed by atoms with E-state index < -0.39 is 11.2 Å². The molecule has 0 aliphatic heterocycles. The number of halogens is 2. The van der Waals surface area contributed by atoms with Gasteiger partial charge in [0.2, 0.25) is 0 Å². The fourth-order valence-electron chi connectivity index (χ4n) is 4.13. The molecule has 2 saturated carbocycles. The maximum Gasteiger partial charge on any atom is 0.330 e. The third kappa shape index (κ3) is 3.94. The molecule has 2 fully saturated rings. The summed E-state index contributed by atoms with van der Waals surface area (Å²) in [5.74, 6) is 0.118. The molecule has 0 unspecified atom stereocenters. The van der Waals surface area contributed by atoms with E-state index in [1.807, 2.05) is 0 Å². The van der Waals surface area contributed by atoms with E-state index in [-0.39, 0.29) is 34.2 Å². The number of hydrogen-bond donors (Lipinski definition) is 1. The Balaban J connectivity index is 1.55. The average Bonchev–Trinajstić information content (AvgIpc) is 3.72. The van der Waals surface area contributed by atoms with E-state index >= 15 is 0 Å². The summed E-state index contributed by atoms with van der Waals surface area (Å²) in [4.78, 5) is 37.5. The van der Waals surface area contributed by atoms with Gasteiger partial charge in [0.15, 0.2) is 5.65 Å². The van der Waals surface area contributed by atoms with Crippen LogP contribution < -0.4 is 11.2 Å². The van der Waals surface area contributed by atoms with Crippen molar-refractivity contribution in [3.8, 4) is 0 Å². The number of rotatable bonds is 6. The molecule has 34 heavy (non-hydrogen) atoms. The Morgan fingerprint density at radius 2 is 1.47 bits per heavy atom. The van der Waals surface area contributed by atoms with Gasteiger partial charge in [0, 0.05) is 12.0 Å². The van der Waals surface area contributed by atoms with Gasteiger partial charge in [-0.25, -0.2) is 23.5 Å². The molecule has 0 saturated heterocycles. The molecule has 2 aliphatic rings. The van der Waals surface area contributed by atoms with Crippen LogP contribution in [0.25, 0.3) is 11.0 Å². The van der Waals surface area contributed by atoms with Crippen LogP contribution in [-0.4, -0.2) is 19.5 Å². The van der Waals surface area contributed by atoms with E-state index in [4.69, 9.17) is 4.98 Å². The summed E-state index contributed by atoms with van der Waals surface area (Å²) in [6, 6.07) is 12.2. The molecule has 6 nitrogen and oxygen atoms in total. The molecule has 2 aromatic carbocycles. The standard InChI is InChI=1S/C25H20F2N4O2S/c26-16-7-3-13(4-8-16)20(14-5-9-17(27)10-6-14)34-24-19-22(28-21(29-24)15-1-2-15)31(18-11-12-18)25(33)30-23(19)32/h3-10,15,18,20H,1-2,11-12H2,(H,30,32,33). The second-order valence-electron chi connectivity index (χ2n) is 8.82. The van der Waals surface area contributed by atoms with Crippen molar-refractivity contribution in [3.05, 3.63) is 98.0 Å². The van der Waals surface area contributed by atoms with Crippen molar-refractivity contribution >= 4 is 22.8 Å². The topological polar surface area (TPSA) is 80.6 Å². The van der Waals surface area contributed by atoms with E-state index in [0.29, 0.717) is 16.5 Å². The van der Waals surface area contributed by atoms with Crippen molar-refractivity contribution in [1.29, 1.82) is 0 Å². The Kier molecular flexibility index (Phi) is 5.09. The van der Waals surface area contributed by atoms with Crippen LogP contribution in [0.4, 0.5) is 8.78 Å². The zero-order chi connectivity index (χ0) is 23.4. The quantitative estimate of drug-likeness (QED) is 0.317. The van der Waals surface area contributed by atoms with Gasteiger partial charge < -0.3 is 0 Å². The number of nitrogens with zero attached hydrogens (tertiary/aromatic N) is 3. The number of nitrogens with one attached hydrogen (secondary N) is 1. The minimum absolute atomic E-state index is 0.0247. The van der Waals surface area contributed by atoms with Crippen LogP contribution in [0, 0.1) is 11.6 Å². The molecule has 1 N–H and O–H groups in total. The smallest absolute Gasteiger partial charge is 0.274 e. The zero-order valence-corrected chi connectivity index (χ0v) is 18.8. The van der Waals surface area contributed by atoms with Crippen LogP contribution in [0.15, 0.2) is 63.1 Å². The number of thioether (sulfide) groups is 1. The number of aromatic nitrogens is 4. The minimum Gasteiger partial charge on any atom is -0.274 e. The molecule has 9 heteroatoms. The van der Waals surface area contributed by atoms with Crippen LogP contribution in [0.3, 0.4) is 0 Å². The number of fused-ring (bicyclic) bond motifs is 1. The normalized spacial score (nSPS) is 15.9. The Bertz CT molecular complexity index is 1460. The molecule has 4 aromatic rings. The first kappa shape index (κ1) is 21.2. The Morgan fingerprint density at radius 1 is 0.882 bits per heavy atom. The fourth-order valence-corrected chi connectivity index (χ4v) is 5.39. The van der Waals surface area contributed by atoms with Crippen LogP contribution >= 0.6 is 11.8 Å². The molecule has 2 aliphatic carbocycles. The fraction of sp³-hybridized carbons (Fsp3) is 0.280. The lowest BCUT2D eigenvalue weighted by Crippen LogP contribution is -2.31. The van der Waals surface area contributed by atoms with Crippen molar-refractivity contribution in [3.63, 3.8) is 0 Å². The minimum atomic E-state index is -0.529. The molecule has 0 atom stereocenters. The molecule has 0 spiro atoms. The lowest BCUT2D eigenvalue weighted by molar-refractivity contribution is 0.626. The molecular weight excluding hydrogens is 458 g/mol. The first-order chi connectivity index (χ1) is 16.5. The van der Waals surface area contributed by atoms with Gasteiger partial charge in [-0.15, -0.1) is 0 Å². The first-order valence-electron chi connectivity index (χ1n) is 11.2. The van der Waals surface area contributed by atoms with Crippen LogP contribution in [0.1, 0.15) is 59.8 Å². The maximum atomic E-state index is 13.7. The monoisotopic (exact) mass is 478 g/mol. The van der Waals surface area contributed by atoms with Crippen molar-refractivity contribution in [1.82, 2.24) is 19.5 Å². The summed E-state index contributed by atoms with van der Waals surface area (Å²) >= 11 is 1.32. The Labute approximate surface area is 197 Å².